The van der Waals surface area contributed by atoms with Crippen LogP contribution in [0.25, 0.3) is 0 Å². The van der Waals surface area contributed by atoms with E-state index in [9.17, 15) is 23.4 Å². The molecule has 2 atom stereocenters. The number of benzene rings is 1. The molecule has 12 nitrogen and oxygen atoms in total. The maximum absolute atomic E-state index is 12.7. The minimum absolute atomic E-state index is 0.104. The zero-order valence-corrected chi connectivity index (χ0v) is 23.2. The van der Waals surface area contributed by atoms with E-state index in [1.54, 1.807) is 24.3 Å². The molecule has 5 N–H and O–H groups in total. The van der Waals surface area contributed by atoms with Crippen LogP contribution in [-0.4, -0.2) is 91.3 Å². The molecule has 2 aliphatic rings. The average molecular weight is 563 g/mol. The van der Waals surface area contributed by atoms with Crippen molar-refractivity contribution in [2.75, 3.05) is 49.5 Å². The predicted molar refractivity (Wildman–Crippen MR) is 148 cm³/mol. The molecule has 0 saturated carbocycles. The molecule has 0 spiro atoms. The smallest absolute Gasteiger partial charge is 0.327 e. The van der Waals surface area contributed by atoms with Crippen LogP contribution in [0.15, 0.2) is 36.5 Å². The SMILES string of the molecule is CCC[C@H]1CN(c2ncc(NS(N)(=O)=O)cc2O)CCN1C1CCN(C(C(=O)OC)c2ccc(O)cc2)CC1. The molecule has 13 heteroatoms. The van der Waals surface area contributed by atoms with Crippen molar-refractivity contribution < 1.29 is 28.2 Å². The summed E-state index contributed by atoms with van der Waals surface area (Å²) in [5.41, 5.74) is 0.903. The van der Waals surface area contributed by atoms with Gasteiger partial charge in [-0.05, 0) is 37.0 Å². The van der Waals surface area contributed by atoms with Crippen LogP contribution in [0.1, 0.15) is 44.2 Å². The summed E-state index contributed by atoms with van der Waals surface area (Å²) in [4.78, 5) is 23.8. The molecule has 2 fully saturated rings. The Kier molecular flexibility index (Phi) is 9.15. The molecule has 4 rings (SSSR count). The Labute approximate surface area is 229 Å². The number of likely N-dealkylation sites (tertiary alicyclic amines) is 1. The normalized spacial score (nSPS) is 20.5. The number of esters is 1. The van der Waals surface area contributed by atoms with E-state index in [4.69, 9.17) is 9.88 Å². The number of carbonyl (C=O) groups excluding carboxylic acids is 1. The minimum atomic E-state index is -3.96. The van der Waals surface area contributed by atoms with E-state index in [0.29, 0.717) is 24.9 Å². The van der Waals surface area contributed by atoms with Gasteiger partial charge in [0.1, 0.15) is 11.8 Å². The highest BCUT2D eigenvalue weighted by Gasteiger charge is 2.37. The van der Waals surface area contributed by atoms with Crippen molar-refractivity contribution in [2.24, 2.45) is 5.14 Å². The van der Waals surface area contributed by atoms with Gasteiger partial charge in [-0.1, -0.05) is 25.5 Å². The van der Waals surface area contributed by atoms with Gasteiger partial charge >= 0.3 is 5.97 Å². The van der Waals surface area contributed by atoms with E-state index in [2.05, 4.69) is 26.4 Å². The number of piperidine rings is 1. The number of carbonyl (C=O) groups is 1. The van der Waals surface area contributed by atoms with Gasteiger partial charge in [-0.25, -0.2) is 14.9 Å². The summed E-state index contributed by atoms with van der Waals surface area (Å²) >= 11 is 0. The quantitative estimate of drug-likeness (QED) is 0.332. The molecule has 2 aromatic rings. The predicted octanol–water partition coefficient (Wildman–Crippen LogP) is 1.78. The third-order valence-corrected chi connectivity index (χ3v) is 8.04. The first-order valence-electron chi connectivity index (χ1n) is 13.2. The Morgan fingerprint density at radius 1 is 1.18 bits per heavy atom. The van der Waals surface area contributed by atoms with E-state index < -0.39 is 16.3 Å². The van der Waals surface area contributed by atoms with Crippen molar-refractivity contribution in [3.63, 3.8) is 0 Å². The van der Waals surface area contributed by atoms with Gasteiger partial charge < -0.3 is 19.8 Å². The number of nitrogens with one attached hydrogen (secondary N) is 1. The highest BCUT2D eigenvalue weighted by Crippen LogP contribution is 2.33. The lowest BCUT2D eigenvalue weighted by atomic mass is 9.95. The molecule has 0 bridgehead atoms. The number of pyridine rings is 1. The highest BCUT2D eigenvalue weighted by molar-refractivity contribution is 7.90. The standard InChI is InChI=1S/C26H38N6O6S/c1-3-4-21-17-31(25-23(34)15-19(16-28-25)29-39(27,36)37)13-14-32(21)20-9-11-30(12-10-20)24(26(35)38-2)18-5-7-22(33)8-6-18/h5-8,15-16,20-21,24,29,33-34H,3-4,9-14,17H2,1-2H3,(H2,27,36,37)/t21-,24?/m0/s1. The number of aromatic nitrogens is 1. The van der Waals surface area contributed by atoms with E-state index in [-0.39, 0.29) is 29.2 Å². The monoisotopic (exact) mass is 562 g/mol. The molecule has 2 aliphatic heterocycles. The first-order chi connectivity index (χ1) is 18.6. The zero-order chi connectivity index (χ0) is 28.2. The number of rotatable bonds is 9. The van der Waals surface area contributed by atoms with Crippen LogP contribution < -0.4 is 14.8 Å². The van der Waals surface area contributed by atoms with Crippen molar-refractivity contribution >= 4 is 27.7 Å². The lowest BCUT2D eigenvalue weighted by Gasteiger charge is -2.48. The maximum Gasteiger partial charge on any atom is 0.327 e. The topological polar surface area (TPSA) is 162 Å². The van der Waals surface area contributed by atoms with Crippen molar-refractivity contribution in [3.05, 3.63) is 42.1 Å². The molecular weight excluding hydrogens is 524 g/mol. The van der Waals surface area contributed by atoms with Crippen LogP contribution in [-0.2, 0) is 19.7 Å². The van der Waals surface area contributed by atoms with Crippen LogP contribution in [0.4, 0.5) is 11.5 Å². The first-order valence-corrected chi connectivity index (χ1v) is 14.7. The minimum Gasteiger partial charge on any atom is -0.508 e. The summed E-state index contributed by atoms with van der Waals surface area (Å²) < 4.78 is 29.8. The summed E-state index contributed by atoms with van der Waals surface area (Å²) in [5, 5.41) is 25.3. The van der Waals surface area contributed by atoms with Gasteiger partial charge in [0.15, 0.2) is 11.6 Å². The van der Waals surface area contributed by atoms with E-state index in [1.807, 2.05) is 4.90 Å². The van der Waals surface area contributed by atoms with Gasteiger partial charge in [0.25, 0.3) is 10.2 Å². The Balaban J connectivity index is 1.42. The van der Waals surface area contributed by atoms with Gasteiger partial charge in [0.05, 0.1) is 19.0 Å². The molecule has 39 heavy (non-hydrogen) atoms. The molecule has 214 valence electrons. The second kappa shape index (κ2) is 12.4. The molecule has 2 saturated heterocycles. The Morgan fingerprint density at radius 3 is 2.46 bits per heavy atom. The molecule has 0 aliphatic carbocycles. The number of phenolic OH excluding ortho intramolecular Hbond substituents is 1. The Hall–Kier alpha value is -3.13. The highest BCUT2D eigenvalue weighted by atomic mass is 32.2. The number of ether oxygens (including phenoxy) is 1. The zero-order valence-electron chi connectivity index (χ0n) is 22.4. The van der Waals surface area contributed by atoms with Gasteiger partial charge in [-0.3, -0.25) is 14.5 Å². The summed E-state index contributed by atoms with van der Waals surface area (Å²) in [6, 6.07) is 8.13. The largest absolute Gasteiger partial charge is 0.508 e. The number of nitrogens with zero attached hydrogens (tertiary/aromatic N) is 4. The Bertz CT molecular complexity index is 1240. The van der Waals surface area contributed by atoms with Crippen LogP contribution in [0.2, 0.25) is 0 Å². The van der Waals surface area contributed by atoms with E-state index >= 15 is 0 Å². The molecule has 1 aromatic heterocycles. The van der Waals surface area contributed by atoms with Crippen LogP contribution in [0.3, 0.4) is 0 Å². The van der Waals surface area contributed by atoms with Crippen LogP contribution in [0, 0.1) is 0 Å². The third-order valence-electron chi connectivity index (χ3n) is 7.52. The van der Waals surface area contributed by atoms with Gasteiger partial charge in [-0.15, -0.1) is 0 Å². The fourth-order valence-electron chi connectivity index (χ4n) is 5.78. The van der Waals surface area contributed by atoms with Gasteiger partial charge in [0, 0.05) is 50.9 Å². The number of nitrogens with two attached hydrogens (primary N) is 1. The lowest BCUT2D eigenvalue weighted by Crippen LogP contribution is -2.59. The lowest BCUT2D eigenvalue weighted by molar-refractivity contribution is -0.148. The summed E-state index contributed by atoms with van der Waals surface area (Å²) in [7, 11) is -2.56. The van der Waals surface area contributed by atoms with Crippen molar-refractivity contribution in [2.45, 2.75) is 50.7 Å². The maximum atomic E-state index is 12.7. The molecule has 3 heterocycles. The van der Waals surface area contributed by atoms with Crippen molar-refractivity contribution in [3.8, 4) is 11.5 Å². The molecule has 1 aromatic carbocycles. The molecular formula is C26H38N6O6S. The van der Waals surface area contributed by atoms with Crippen LogP contribution in [0.5, 0.6) is 11.5 Å². The molecule has 0 amide bonds. The molecule has 0 radical (unpaired) electrons. The van der Waals surface area contributed by atoms with Gasteiger partial charge in [0.2, 0.25) is 0 Å². The van der Waals surface area contributed by atoms with E-state index in [1.165, 1.54) is 19.4 Å². The number of hydrogen-bond acceptors (Lipinski definition) is 10. The van der Waals surface area contributed by atoms with Gasteiger partial charge in [-0.2, -0.15) is 8.42 Å². The van der Waals surface area contributed by atoms with Crippen molar-refractivity contribution in [1.29, 1.82) is 0 Å². The number of piperazine rings is 1. The molecule has 1 unspecified atom stereocenters. The fourth-order valence-corrected chi connectivity index (χ4v) is 6.22. The third kappa shape index (κ3) is 7.10. The second-order valence-electron chi connectivity index (χ2n) is 10.1. The summed E-state index contributed by atoms with van der Waals surface area (Å²) in [6.07, 6.45) is 5.16. The second-order valence-corrected chi connectivity index (χ2v) is 11.4. The number of phenols is 1. The van der Waals surface area contributed by atoms with Crippen LogP contribution >= 0.6 is 0 Å². The number of aromatic hydroxyl groups is 2. The number of anilines is 2. The van der Waals surface area contributed by atoms with E-state index in [0.717, 1.165) is 50.9 Å². The summed E-state index contributed by atoms with van der Waals surface area (Å²) in [5.74, 6) is 0.153. The summed E-state index contributed by atoms with van der Waals surface area (Å²) in [6.45, 7) is 5.79. The number of hydrogen-bond donors (Lipinski definition) is 4. The Morgan fingerprint density at radius 2 is 1.87 bits per heavy atom. The number of methoxy groups -OCH3 is 1. The first kappa shape index (κ1) is 28.9. The average Bonchev–Trinajstić information content (AvgIpc) is 2.90. The van der Waals surface area contributed by atoms with Crippen molar-refractivity contribution in [1.82, 2.24) is 14.8 Å². The fraction of sp³-hybridized carbons (Fsp3) is 0.538.